The molecular formula is C13H16O. The van der Waals surface area contributed by atoms with Gasteiger partial charge in [0.2, 0.25) is 0 Å². The molecule has 1 atom stereocenters. The molecule has 0 aliphatic carbocycles. The van der Waals surface area contributed by atoms with Crippen LogP contribution >= 0.6 is 0 Å². The quantitative estimate of drug-likeness (QED) is 0.649. The van der Waals surface area contributed by atoms with Crippen LogP contribution in [0.3, 0.4) is 0 Å². The van der Waals surface area contributed by atoms with Crippen LogP contribution in [0.4, 0.5) is 0 Å². The van der Waals surface area contributed by atoms with Crippen LogP contribution in [0.1, 0.15) is 18.9 Å². The van der Waals surface area contributed by atoms with Crippen molar-refractivity contribution in [2.45, 2.75) is 19.8 Å². The van der Waals surface area contributed by atoms with E-state index in [4.69, 9.17) is 0 Å². The van der Waals surface area contributed by atoms with Crippen molar-refractivity contribution in [3.8, 4) is 0 Å². The Kier molecular flexibility index (Phi) is 4.11. The van der Waals surface area contributed by atoms with Gasteiger partial charge in [0, 0.05) is 5.92 Å². The zero-order valence-electron chi connectivity index (χ0n) is 8.57. The van der Waals surface area contributed by atoms with Crippen LogP contribution in [0, 0.1) is 5.92 Å². The lowest BCUT2D eigenvalue weighted by molar-refractivity contribution is -0.120. The van der Waals surface area contributed by atoms with Gasteiger partial charge in [0.15, 0.2) is 0 Å². The van der Waals surface area contributed by atoms with Crippen molar-refractivity contribution in [2.24, 2.45) is 5.92 Å². The number of carbonyl (C=O) groups excluding carboxylic acids is 1. The Morgan fingerprint density at radius 2 is 2.07 bits per heavy atom. The minimum absolute atomic E-state index is 0.0925. The second kappa shape index (κ2) is 5.38. The third-order valence-corrected chi connectivity index (χ3v) is 2.35. The van der Waals surface area contributed by atoms with Crippen molar-refractivity contribution < 1.29 is 4.79 Å². The average molecular weight is 188 g/mol. The summed E-state index contributed by atoms with van der Waals surface area (Å²) in [5.41, 5.74) is 1.22. The number of Topliss-reactive ketones (excluding diaryl/α,β-unsaturated/α-hetero) is 1. The van der Waals surface area contributed by atoms with Gasteiger partial charge in [-0.3, -0.25) is 4.79 Å². The molecule has 0 unspecified atom stereocenters. The molecule has 74 valence electrons. The van der Waals surface area contributed by atoms with E-state index in [1.165, 1.54) is 5.56 Å². The second-order valence-corrected chi connectivity index (χ2v) is 3.52. The van der Waals surface area contributed by atoms with E-state index in [0.717, 1.165) is 12.8 Å². The number of hydrogen-bond donors (Lipinski definition) is 0. The van der Waals surface area contributed by atoms with E-state index in [9.17, 15) is 4.79 Å². The molecule has 1 nitrogen and oxygen atoms in total. The first-order valence-corrected chi connectivity index (χ1v) is 4.89. The number of hydrogen-bond acceptors (Lipinski definition) is 1. The standard InChI is InChI=1S/C13H16O/c1-3-7-13(11(2)14)10-12-8-5-4-6-9-12/h3-6,8-9,13H,1,7,10H2,2H3/t13-/m0/s1. The lowest BCUT2D eigenvalue weighted by Gasteiger charge is -2.10. The predicted octanol–water partition coefficient (Wildman–Crippen LogP) is 3.01. The fourth-order valence-electron chi connectivity index (χ4n) is 1.49. The molecule has 14 heavy (non-hydrogen) atoms. The van der Waals surface area contributed by atoms with Crippen molar-refractivity contribution in [2.75, 3.05) is 0 Å². The van der Waals surface area contributed by atoms with Gasteiger partial charge in [-0.15, -0.1) is 6.58 Å². The highest BCUT2D eigenvalue weighted by Crippen LogP contribution is 2.13. The summed E-state index contributed by atoms with van der Waals surface area (Å²) in [6.07, 6.45) is 3.40. The maximum absolute atomic E-state index is 11.3. The van der Waals surface area contributed by atoms with Crippen molar-refractivity contribution in [1.29, 1.82) is 0 Å². The number of carbonyl (C=O) groups is 1. The number of rotatable bonds is 5. The van der Waals surface area contributed by atoms with Crippen LogP contribution in [0.2, 0.25) is 0 Å². The van der Waals surface area contributed by atoms with Gasteiger partial charge in [0.1, 0.15) is 5.78 Å². The molecule has 0 bridgehead atoms. The van der Waals surface area contributed by atoms with E-state index in [2.05, 4.69) is 18.7 Å². The van der Waals surface area contributed by atoms with Crippen LogP contribution in [0.15, 0.2) is 43.0 Å². The van der Waals surface area contributed by atoms with Gasteiger partial charge in [-0.25, -0.2) is 0 Å². The fraction of sp³-hybridized carbons (Fsp3) is 0.308. The maximum atomic E-state index is 11.3. The predicted molar refractivity (Wildman–Crippen MR) is 59.1 cm³/mol. The molecule has 1 aromatic carbocycles. The van der Waals surface area contributed by atoms with Gasteiger partial charge >= 0.3 is 0 Å². The topological polar surface area (TPSA) is 17.1 Å². The first-order valence-electron chi connectivity index (χ1n) is 4.89. The van der Waals surface area contributed by atoms with Crippen molar-refractivity contribution >= 4 is 5.78 Å². The minimum Gasteiger partial charge on any atom is -0.300 e. The van der Waals surface area contributed by atoms with Crippen LogP contribution in [-0.2, 0) is 11.2 Å². The molecule has 0 N–H and O–H groups in total. The summed E-state index contributed by atoms with van der Waals surface area (Å²) < 4.78 is 0. The monoisotopic (exact) mass is 188 g/mol. The van der Waals surface area contributed by atoms with E-state index >= 15 is 0 Å². The van der Waals surface area contributed by atoms with Crippen LogP contribution < -0.4 is 0 Å². The number of allylic oxidation sites excluding steroid dienone is 1. The summed E-state index contributed by atoms with van der Waals surface area (Å²) in [7, 11) is 0. The lowest BCUT2D eigenvalue weighted by atomic mass is 9.93. The molecule has 0 radical (unpaired) electrons. The Morgan fingerprint density at radius 1 is 1.43 bits per heavy atom. The SMILES string of the molecule is C=CC[C@@H](Cc1ccccc1)C(C)=O. The number of ketones is 1. The summed E-state index contributed by atoms with van der Waals surface area (Å²) in [5, 5.41) is 0. The molecule has 0 aliphatic heterocycles. The summed E-state index contributed by atoms with van der Waals surface area (Å²) in [4.78, 5) is 11.3. The molecule has 1 aromatic rings. The first-order chi connectivity index (χ1) is 6.74. The zero-order chi connectivity index (χ0) is 10.4. The molecule has 0 saturated carbocycles. The smallest absolute Gasteiger partial charge is 0.133 e. The Labute approximate surface area is 85.5 Å². The second-order valence-electron chi connectivity index (χ2n) is 3.52. The number of benzene rings is 1. The van der Waals surface area contributed by atoms with Crippen LogP contribution in [-0.4, -0.2) is 5.78 Å². The van der Waals surface area contributed by atoms with E-state index in [-0.39, 0.29) is 11.7 Å². The normalized spacial score (nSPS) is 12.1. The van der Waals surface area contributed by atoms with E-state index < -0.39 is 0 Å². The third kappa shape index (κ3) is 3.17. The average Bonchev–Trinajstić information content (AvgIpc) is 2.18. The van der Waals surface area contributed by atoms with Gasteiger partial charge in [-0.1, -0.05) is 36.4 Å². The van der Waals surface area contributed by atoms with E-state index in [1.807, 2.05) is 24.3 Å². The Balaban J connectivity index is 2.64. The van der Waals surface area contributed by atoms with Crippen LogP contribution in [0.5, 0.6) is 0 Å². The first kappa shape index (κ1) is 10.7. The van der Waals surface area contributed by atoms with E-state index in [1.54, 1.807) is 6.92 Å². The highest BCUT2D eigenvalue weighted by molar-refractivity contribution is 5.78. The highest BCUT2D eigenvalue weighted by atomic mass is 16.1. The van der Waals surface area contributed by atoms with Crippen LogP contribution in [0.25, 0.3) is 0 Å². The Bertz CT molecular complexity index is 300. The van der Waals surface area contributed by atoms with Gasteiger partial charge in [0.25, 0.3) is 0 Å². The molecular weight excluding hydrogens is 172 g/mol. The summed E-state index contributed by atoms with van der Waals surface area (Å²) >= 11 is 0. The Morgan fingerprint density at radius 3 is 2.57 bits per heavy atom. The maximum Gasteiger partial charge on any atom is 0.133 e. The Hall–Kier alpha value is -1.37. The van der Waals surface area contributed by atoms with E-state index in [0.29, 0.717) is 0 Å². The summed E-state index contributed by atoms with van der Waals surface area (Å²) in [6.45, 7) is 5.32. The molecule has 0 aliphatic rings. The van der Waals surface area contributed by atoms with Crippen molar-refractivity contribution in [1.82, 2.24) is 0 Å². The molecule has 0 spiro atoms. The van der Waals surface area contributed by atoms with Crippen molar-refractivity contribution in [3.63, 3.8) is 0 Å². The molecule has 0 aromatic heterocycles. The molecule has 1 rings (SSSR count). The molecule has 0 saturated heterocycles. The molecule has 0 heterocycles. The fourth-order valence-corrected chi connectivity index (χ4v) is 1.49. The minimum atomic E-state index is 0.0925. The third-order valence-electron chi connectivity index (χ3n) is 2.35. The van der Waals surface area contributed by atoms with Crippen molar-refractivity contribution in [3.05, 3.63) is 48.6 Å². The van der Waals surface area contributed by atoms with Gasteiger partial charge < -0.3 is 0 Å². The van der Waals surface area contributed by atoms with Gasteiger partial charge in [-0.2, -0.15) is 0 Å². The van der Waals surface area contributed by atoms with Gasteiger partial charge in [-0.05, 0) is 25.3 Å². The largest absolute Gasteiger partial charge is 0.300 e. The highest BCUT2D eigenvalue weighted by Gasteiger charge is 2.12. The summed E-state index contributed by atoms with van der Waals surface area (Å²) in [6, 6.07) is 10.1. The molecule has 1 heteroatoms. The molecule has 0 amide bonds. The summed E-state index contributed by atoms with van der Waals surface area (Å²) in [5.74, 6) is 0.337. The van der Waals surface area contributed by atoms with Gasteiger partial charge in [0.05, 0.1) is 0 Å². The lowest BCUT2D eigenvalue weighted by Crippen LogP contribution is -2.12. The molecule has 0 fully saturated rings. The zero-order valence-corrected chi connectivity index (χ0v) is 8.57.